The van der Waals surface area contributed by atoms with Crippen LogP contribution in [0.4, 0.5) is 0 Å². The van der Waals surface area contributed by atoms with Crippen LogP contribution in [0.1, 0.15) is 0 Å². The van der Waals surface area contributed by atoms with Gasteiger partial charge in [-0.1, -0.05) is 0 Å². The van der Waals surface area contributed by atoms with Gasteiger partial charge in [0.2, 0.25) is 0 Å². The molecule has 0 rings (SSSR count). The summed E-state index contributed by atoms with van der Waals surface area (Å²) < 4.78 is 10.6. The first kappa shape index (κ1) is 13.8. The van der Waals surface area contributed by atoms with Gasteiger partial charge in [0, 0.05) is 51.4 Å². The average Bonchev–Trinajstić information content (AvgIpc) is 2.04. The summed E-state index contributed by atoms with van der Waals surface area (Å²) in [6.45, 7) is 0. The van der Waals surface area contributed by atoms with Gasteiger partial charge in [0.15, 0.2) is 0 Å². The van der Waals surface area contributed by atoms with E-state index < -0.39 is 9.76 Å². The fourth-order valence-corrected chi connectivity index (χ4v) is 0.344. The van der Waals surface area contributed by atoms with E-state index in [1.165, 1.54) is 0 Å². The van der Waals surface area contributed by atoms with Crippen LogP contribution in [0.25, 0.3) is 0 Å². The Morgan fingerprint density at radius 1 is 0.727 bits per heavy atom. The average molecular weight is 226 g/mol. The fourth-order valence-electron chi connectivity index (χ4n) is 0.0833. The van der Waals surface area contributed by atoms with Gasteiger partial charge in [-0.2, -0.15) is 0 Å². The van der Waals surface area contributed by atoms with E-state index >= 15 is 0 Å². The van der Waals surface area contributed by atoms with Crippen molar-refractivity contribution >= 4 is 70.7 Å². The number of hydrogen-bond donors (Lipinski definition) is 0. The van der Waals surface area contributed by atoms with Crippen LogP contribution in [-0.4, -0.2) is 70.7 Å². The molecule has 0 atom stereocenters. The summed E-state index contributed by atoms with van der Waals surface area (Å²) in [6, 6.07) is 0. The van der Waals surface area contributed by atoms with Gasteiger partial charge in [-0.05, 0) is 0 Å². The predicted octanol–water partition coefficient (Wildman–Crippen LogP) is -2.09. The zero-order valence-corrected chi connectivity index (χ0v) is 9.54. The van der Waals surface area contributed by atoms with Crippen molar-refractivity contribution in [3.05, 3.63) is 0 Å². The Balaban J connectivity index is 0. The minimum Gasteiger partial charge on any atom is 0 e. The van der Waals surface area contributed by atoms with Crippen LogP contribution in [0.5, 0.6) is 0 Å². The topological polar surface area (TPSA) is 85.3 Å². The Morgan fingerprint density at radius 3 is 0.909 bits per heavy atom. The molecule has 0 saturated heterocycles. The number of hydrogen-bond acceptors (Lipinski definition) is 5. The van der Waals surface area contributed by atoms with Gasteiger partial charge in [0.25, 0.3) is 0 Å². The molecule has 7 heteroatoms. The maximum absolute atomic E-state index is 10.6. The van der Waals surface area contributed by atoms with Crippen LogP contribution in [-0.2, 0) is 32.8 Å². The van der Waals surface area contributed by atoms with Crippen LogP contribution in [0, 0.1) is 0 Å². The molecule has 0 heterocycles. The second-order valence-corrected chi connectivity index (χ2v) is 4.31. The molecule has 0 bridgehead atoms. The van der Waals surface area contributed by atoms with E-state index in [0.29, 0.717) is 19.3 Å². The molecule has 1 radical (unpaired) electrons. The van der Waals surface area contributed by atoms with Gasteiger partial charge in [-0.25, -0.2) is 0 Å². The van der Waals surface area contributed by atoms with E-state index in [1.807, 2.05) is 0 Å². The minimum absolute atomic E-state index is 0. The van der Waals surface area contributed by atoms with E-state index in [2.05, 4.69) is 0 Å². The quantitative estimate of drug-likeness (QED) is 0.442. The molecule has 0 spiro atoms. The Bertz CT molecular complexity index is 547. The summed E-state index contributed by atoms with van der Waals surface area (Å²) in [4.78, 5) is 40.7. The zero-order chi connectivity index (χ0) is 8.28. The molecule has 56 valence electrons. The van der Waals surface area contributed by atoms with E-state index in [4.69, 9.17) is 0 Å². The number of carbonyl (C=O) groups excluding carboxylic acids is 4. The maximum Gasteiger partial charge on any atom is 0 e. The molecule has 0 N–H and O–H groups in total. The van der Waals surface area contributed by atoms with Gasteiger partial charge in [0.05, 0.1) is 0 Å². The molecule has 0 aromatic carbocycles. The first-order chi connectivity index (χ1) is 4.54. The van der Waals surface area contributed by atoms with Gasteiger partial charge in [-0.15, -0.1) is 0 Å². The van der Waals surface area contributed by atoms with Crippen molar-refractivity contribution in [2.24, 2.45) is 0 Å². The van der Waals surface area contributed by atoms with E-state index in [0.717, 1.165) is 0 Å². The van der Waals surface area contributed by atoms with Crippen LogP contribution < -0.4 is 0 Å². The Morgan fingerprint density at radius 2 is 0.909 bits per heavy atom. The van der Waals surface area contributed by atoms with Crippen LogP contribution in [0.3, 0.4) is 0 Å². The third kappa shape index (κ3) is 2.65. The molecular formula is C4CoKO5. The molecular weight excluding hydrogens is 226 g/mol. The van der Waals surface area contributed by atoms with Crippen molar-refractivity contribution in [3.8, 4) is 0 Å². The molecule has 0 aromatic rings. The van der Waals surface area contributed by atoms with E-state index in [9.17, 15) is 23.0 Å². The normalized spacial score (nSPS) is 11.5. The molecule has 0 unspecified atom stereocenters. The molecule has 11 heavy (non-hydrogen) atoms. The molecule has 0 amide bonds. The van der Waals surface area contributed by atoms with E-state index in [1.54, 1.807) is 0 Å². The standard InChI is InChI=1S/4CO.Co.K.O/c4*1-2;;;. The molecule has 0 aromatic heterocycles. The first-order valence-electron chi connectivity index (χ1n) is 1.62. The molecule has 0 aliphatic rings. The zero-order valence-electron chi connectivity index (χ0n) is 5.37. The molecule has 0 saturated carbocycles. The fraction of sp³-hybridized carbons (Fsp3) is 0. The van der Waals surface area contributed by atoms with Crippen molar-refractivity contribution < 1.29 is 32.8 Å². The summed E-state index contributed by atoms with van der Waals surface area (Å²) in [5.74, 6) is 0. The van der Waals surface area contributed by atoms with Crippen molar-refractivity contribution in [2.75, 3.05) is 0 Å². The summed E-state index contributed by atoms with van der Waals surface area (Å²) >= 11 is 0. The summed E-state index contributed by atoms with van der Waals surface area (Å²) in [5.41, 5.74) is 0. The molecule has 0 fully saturated rings. The van der Waals surface area contributed by atoms with Crippen LogP contribution in [0.15, 0.2) is 0 Å². The third-order valence-corrected chi connectivity index (χ3v) is 2.14. The second-order valence-electron chi connectivity index (χ2n) is 1.04. The van der Waals surface area contributed by atoms with Gasteiger partial charge in [-0.3, -0.25) is 0 Å². The summed E-state index contributed by atoms with van der Waals surface area (Å²) in [7, 11) is -5.61. The SMILES string of the molecule is O=[C]=[Co](=[O])(=[C]=O)(=[C]=O)=[C]=O.[K]. The Hall–Kier alpha value is 0.263. The Labute approximate surface area is 102 Å². The van der Waals surface area contributed by atoms with Crippen molar-refractivity contribution in [2.45, 2.75) is 0 Å². The maximum atomic E-state index is 10.6. The summed E-state index contributed by atoms with van der Waals surface area (Å²) in [6.07, 6.45) is 0. The van der Waals surface area contributed by atoms with Crippen LogP contribution >= 0.6 is 0 Å². The summed E-state index contributed by atoms with van der Waals surface area (Å²) in [5, 5.41) is 0. The first-order valence-corrected chi connectivity index (χ1v) is 4.13. The second kappa shape index (κ2) is 4.33. The Kier molecular flexibility index (Phi) is 5.44. The smallest absolute Gasteiger partial charge is 0 e. The third-order valence-electron chi connectivity index (χ3n) is 0.519. The molecule has 0 aliphatic heterocycles. The largest absolute Gasteiger partial charge is 0 e. The van der Waals surface area contributed by atoms with Gasteiger partial charge >= 0.3 is 52.1 Å². The van der Waals surface area contributed by atoms with E-state index in [-0.39, 0.29) is 51.4 Å². The number of rotatable bonds is 0. The van der Waals surface area contributed by atoms with Crippen LogP contribution in [0.2, 0.25) is 0 Å². The van der Waals surface area contributed by atoms with Crippen molar-refractivity contribution in [1.29, 1.82) is 0 Å². The van der Waals surface area contributed by atoms with Crippen molar-refractivity contribution in [1.82, 2.24) is 0 Å². The molecule has 0 aliphatic carbocycles. The minimum atomic E-state index is -5.61. The molecule has 5 nitrogen and oxygen atoms in total. The monoisotopic (exact) mass is 226 g/mol. The van der Waals surface area contributed by atoms with Crippen molar-refractivity contribution in [3.63, 3.8) is 0 Å². The van der Waals surface area contributed by atoms with Gasteiger partial charge in [0.1, 0.15) is 0 Å². The predicted molar refractivity (Wildman–Crippen MR) is 29.2 cm³/mol. The van der Waals surface area contributed by atoms with Gasteiger partial charge < -0.3 is 0 Å².